The summed E-state index contributed by atoms with van der Waals surface area (Å²) in [5.41, 5.74) is -0.780. The van der Waals surface area contributed by atoms with Crippen molar-refractivity contribution in [3.05, 3.63) is 53.3 Å². The van der Waals surface area contributed by atoms with Crippen LogP contribution in [-0.2, 0) is 21.0 Å². The van der Waals surface area contributed by atoms with E-state index < -0.39 is 44.5 Å². The van der Waals surface area contributed by atoms with E-state index in [0.717, 1.165) is 12.1 Å². The van der Waals surface area contributed by atoms with Crippen LogP contribution in [0.3, 0.4) is 0 Å². The van der Waals surface area contributed by atoms with Crippen LogP contribution in [0.25, 0.3) is 0 Å². The Hall–Kier alpha value is -2.66. The maximum atomic E-state index is 13.1. The van der Waals surface area contributed by atoms with Gasteiger partial charge in [-0.15, -0.1) is 0 Å². The van der Waals surface area contributed by atoms with Crippen molar-refractivity contribution in [3.8, 4) is 0 Å². The van der Waals surface area contributed by atoms with Gasteiger partial charge in [0.1, 0.15) is 10.7 Å². The van der Waals surface area contributed by atoms with E-state index in [1.807, 2.05) is 0 Å². The zero-order valence-corrected chi connectivity index (χ0v) is 14.5. The smallest absolute Gasteiger partial charge is 0.360 e. The van der Waals surface area contributed by atoms with Crippen molar-refractivity contribution in [2.24, 2.45) is 0 Å². The van der Waals surface area contributed by atoms with Gasteiger partial charge in [-0.25, -0.2) is 12.8 Å². The van der Waals surface area contributed by atoms with Gasteiger partial charge in [0, 0.05) is 5.69 Å². The number of carbonyl (C=O) groups excluding carboxylic acids is 1. The Bertz CT molecular complexity index is 1020. The predicted octanol–water partition coefficient (Wildman–Crippen LogP) is 2.82. The molecule has 6 nitrogen and oxygen atoms in total. The number of hydrogen-bond acceptors (Lipinski definition) is 4. The van der Waals surface area contributed by atoms with Crippen LogP contribution in [0.1, 0.15) is 11.1 Å². The van der Waals surface area contributed by atoms with Gasteiger partial charge in [0.2, 0.25) is 10.0 Å². The first-order chi connectivity index (χ1) is 12.5. The summed E-state index contributed by atoms with van der Waals surface area (Å²) in [5.74, 6) is -1.38. The maximum absolute atomic E-state index is 13.1. The van der Waals surface area contributed by atoms with Crippen LogP contribution in [0.2, 0.25) is 0 Å². The third-order valence-corrected chi connectivity index (χ3v) is 5.36. The minimum Gasteiger partial charge on any atom is -0.360 e. The van der Waals surface area contributed by atoms with Crippen molar-refractivity contribution < 1.29 is 30.8 Å². The predicted molar refractivity (Wildman–Crippen MR) is 88.9 cm³/mol. The molecule has 2 aromatic carbocycles. The van der Waals surface area contributed by atoms with Gasteiger partial charge in [0.05, 0.1) is 11.3 Å². The fourth-order valence-electron chi connectivity index (χ4n) is 2.55. The van der Waals surface area contributed by atoms with Gasteiger partial charge in [0.25, 0.3) is 5.91 Å². The number of halogens is 4. The minimum atomic E-state index is -4.67. The van der Waals surface area contributed by atoms with E-state index in [9.17, 15) is 30.8 Å². The Labute approximate surface area is 151 Å². The summed E-state index contributed by atoms with van der Waals surface area (Å²) >= 11 is 0. The quantitative estimate of drug-likeness (QED) is 0.673. The average molecular weight is 403 g/mol. The standard InChI is InChI=1S/C16H13F4N3O3S/c1-8-6-10(17)3-4-11(8)22-15(24)14-21-12-7-9(16(18,19)20)2-5-13(12)27(25,26)23-14/h2-7,14,21,23H,1H3,(H,22,24)/t14-/m0/s1. The molecule has 0 saturated heterocycles. The van der Waals surface area contributed by atoms with Crippen LogP contribution in [-0.4, -0.2) is 20.5 Å². The van der Waals surface area contributed by atoms with Gasteiger partial charge in [0.15, 0.2) is 6.17 Å². The van der Waals surface area contributed by atoms with E-state index in [4.69, 9.17) is 0 Å². The van der Waals surface area contributed by atoms with E-state index in [2.05, 4.69) is 15.4 Å². The van der Waals surface area contributed by atoms with E-state index in [0.29, 0.717) is 17.7 Å². The molecule has 0 saturated carbocycles. The lowest BCUT2D eigenvalue weighted by Gasteiger charge is -2.28. The van der Waals surface area contributed by atoms with Gasteiger partial charge in [-0.2, -0.15) is 17.9 Å². The third-order valence-electron chi connectivity index (χ3n) is 3.88. The average Bonchev–Trinajstić information content (AvgIpc) is 2.55. The van der Waals surface area contributed by atoms with E-state index in [1.54, 1.807) is 0 Å². The summed E-state index contributed by atoms with van der Waals surface area (Å²) < 4.78 is 78.3. The molecule has 0 fully saturated rings. The van der Waals surface area contributed by atoms with Crippen LogP contribution < -0.4 is 15.4 Å². The number of sulfonamides is 1. The lowest BCUT2D eigenvalue weighted by molar-refractivity contribution is -0.137. The maximum Gasteiger partial charge on any atom is 0.416 e. The Morgan fingerprint density at radius 1 is 1.15 bits per heavy atom. The monoisotopic (exact) mass is 403 g/mol. The second kappa shape index (κ2) is 6.50. The Kier molecular flexibility index (Phi) is 4.60. The second-order valence-corrected chi connectivity index (χ2v) is 7.54. The van der Waals surface area contributed by atoms with Crippen LogP contribution in [0.5, 0.6) is 0 Å². The zero-order chi connectivity index (χ0) is 20.0. The number of amides is 1. The van der Waals surface area contributed by atoms with Crippen molar-refractivity contribution in [3.63, 3.8) is 0 Å². The summed E-state index contributed by atoms with van der Waals surface area (Å²) in [6.07, 6.45) is -6.22. The van der Waals surface area contributed by atoms with Gasteiger partial charge in [-0.1, -0.05) is 0 Å². The summed E-state index contributed by atoms with van der Waals surface area (Å²) in [6, 6.07) is 5.63. The molecule has 0 bridgehead atoms. The van der Waals surface area contributed by atoms with Crippen LogP contribution in [0, 0.1) is 12.7 Å². The number of anilines is 2. The van der Waals surface area contributed by atoms with Crippen molar-refractivity contribution >= 4 is 27.3 Å². The summed E-state index contributed by atoms with van der Waals surface area (Å²) in [7, 11) is -4.21. The molecule has 1 aliphatic heterocycles. The Balaban J connectivity index is 1.90. The second-order valence-electron chi connectivity index (χ2n) is 5.86. The van der Waals surface area contributed by atoms with E-state index in [1.165, 1.54) is 19.1 Å². The lowest BCUT2D eigenvalue weighted by atomic mass is 10.2. The van der Waals surface area contributed by atoms with E-state index >= 15 is 0 Å². The highest BCUT2D eigenvalue weighted by Gasteiger charge is 2.37. The Morgan fingerprint density at radius 3 is 2.48 bits per heavy atom. The first-order valence-corrected chi connectivity index (χ1v) is 9.03. The molecule has 1 atom stereocenters. The molecule has 3 rings (SSSR count). The fraction of sp³-hybridized carbons (Fsp3) is 0.188. The van der Waals surface area contributed by atoms with Gasteiger partial charge < -0.3 is 10.6 Å². The van der Waals surface area contributed by atoms with Crippen LogP contribution >= 0.6 is 0 Å². The van der Waals surface area contributed by atoms with Crippen molar-refractivity contribution in [2.75, 3.05) is 10.6 Å². The number of nitrogens with one attached hydrogen (secondary N) is 3. The molecule has 0 spiro atoms. The number of carbonyl (C=O) groups is 1. The first kappa shape index (κ1) is 19.1. The molecule has 0 aromatic heterocycles. The molecule has 0 radical (unpaired) electrons. The molecule has 0 unspecified atom stereocenters. The highest BCUT2D eigenvalue weighted by atomic mass is 32.2. The van der Waals surface area contributed by atoms with Crippen molar-refractivity contribution in [2.45, 2.75) is 24.2 Å². The van der Waals surface area contributed by atoms with Crippen molar-refractivity contribution in [1.82, 2.24) is 4.72 Å². The third kappa shape index (κ3) is 3.88. The molecular weight excluding hydrogens is 390 g/mol. The van der Waals surface area contributed by atoms with E-state index in [-0.39, 0.29) is 11.4 Å². The highest BCUT2D eigenvalue weighted by molar-refractivity contribution is 7.89. The molecule has 11 heteroatoms. The molecular formula is C16H13F4N3O3S. The number of fused-ring (bicyclic) bond motifs is 1. The highest BCUT2D eigenvalue weighted by Crippen LogP contribution is 2.35. The van der Waals surface area contributed by atoms with Crippen molar-refractivity contribution in [1.29, 1.82) is 0 Å². The zero-order valence-electron chi connectivity index (χ0n) is 13.7. The number of aryl methyl sites for hydroxylation is 1. The molecule has 0 aliphatic carbocycles. The molecule has 3 N–H and O–H groups in total. The van der Waals surface area contributed by atoms with Gasteiger partial charge in [-0.05, 0) is 48.9 Å². The summed E-state index contributed by atoms with van der Waals surface area (Å²) in [5, 5.41) is 4.84. The molecule has 2 aromatic rings. The molecule has 27 heavy (non-hydrogen) atoms. The van der Waals surface area contributed by atoms with Gasteiger partial charge >= 0.3 is 6.18 Å². The fourth-order valence-corrected chi connectivity index (χ4v) is 3.81. The summed E-state index contributed by atoms with van der Waals surface area (Å²) in [6.45, 7) is 1.53. The molecule has 144 valence electrons. The molecule has 1 amide bonds. The first-order valence-electron chi connectivity index (χ1n) is 7.54. The SMILES string of the molecule is Cc1cc(F)ccc1NC(=O)[C@H]1Nc2cc(C(F)(F)F)ccc2S(=O)(=O)N1. The molecule has 1 heterocycles. The number of hydrogen-bond donors (Lipinski definition) is 3. The Morgan fingerprint density at radius 2 is 1.85 bits per heavy atom. The number of alkyl halides is 3. The van der Waals surface area contributed by atoms with Crippen LogP contribution in [0.15, 0.2) is 41.3 Å². The lowest BCUT2D eigenvalue weighted by Crippen LogP contribution is -2.51. The van der Waals surface area contributed by atoms with Gasteiger partial charge in [-0.3, -0.25) is 4.79 Å². The largest absolute Gasteiger partial charge is 0.416 e. The normalized spacial score (nSPS) is 18.3. The minimum absolute atomic E-state index is 0.234. The molecule has 1 aliphatic rings. The summed E-state index contributed by atoms with van der Waals surface area (Å²) in [4.78, 5) is 12.0. The number of rotatable bonds is 2. The topological polar surface area (TPSA) is 87.3 Å². The number of benzene rings is 2. The van der Waals surface area contributed by atoms with Crippen LogP contribution in [0.4, 0.5) is 28.9 Å².